The van der Waals surface area contributed by atoms with Crippen LogP contribution >= 0.6 is 11.3 Å². The van der Waals surface area contributed by atoms with Gasteiger partial charge in [-0.15, -0.1) is 11.3 Å². The summed E-state index contributed by atoms with van der Waals surface area (Å²) in [4.78, 5) is 12.9. The molecule has 0 unspecified atom stereocenters. The monoisotopic (exact) mass is 487 g/mol. The number of nitrogens with one attached hydrogen (secondary N) is 2. The fourth-order valence-corrected chi connectivity index (χ4v) is 6.63. The number of aromatic nitrogens is 1. The SMILES string of the molecule is COc1cccc(CC[C@H]2CN(C3=Nc4ccccc4Nc4sc(C5CCCC5)nc43)CCN2)c1. The zero-order chi connectivity index (χ0) is 23.6. The summed E-state index contributed by atoms with van der Waals surface area (Å²) < 4.78 is 5.40. The number of thiazole rings is 1. The number of hydrogen-bond donors (Lipinski definition) is 2. The first-order valence-corrected chi connectivity index (χ1v) is 13.7. The van der Waals surface area contributed by atoms with Gasteiger partial charge in [-0.2, -0.15) is 0 Å². The van der Waals surface area contributed by atoms with Crippen molar-refractivity contribution in [2.45, 2.75) is 50.5 Å². The van der Waals surface area contributed by atoms with Crippen molar-refractivity contribution in [1.82, 2.24) is 15.2 Å². The van der Waals surface area contributed by atoms with Crippen molar-refractivity contribution in [2.75, 3.05) is 32.1 Å². The molecular formula is C28H33N5OS. The first-order valence-electron chi connectivity index (χ1n) is 12.8. The number of anilines is 2. The van der Waals surface area contributed by atoms with E-state index in [2.05, 4.69) is 58.0 Å². The predicted octanol–water partition coefficient (Wildman–Crippen LogP) is 5.85. The summed E-state index contributed by atoms with van der Waals surface area (Å²) in [5, 5.41) is 9.82. The Morgan fingerprint density at radius 2 is 2.00 bits per heavy atom. The number of ether oxygens (including phenoxy) is 1. The number of methoxy groups -OCH3 is 1. The van der Waals surface area contributed by atoms with Crippen LogP contribution in [-0.4, -0.2) is 48.5 Å². The summed E-state index contributed by atoms with van der Waals surface area (Å²) in [6, 6.07) is 17.2. The maximum atomic E-state index is 5.40. The van der Waals surface area contributed by atoms with E-state index in [0.717, 1.165) is 66.1 Å². The summed E-state index contributed by atoms with van der Waals surface area (Å²) in [5.74, 6) is 2.54. The van der Waals surface area contributed by atoms with E-state index in [-0.39, 0.29) is 0 Å². The molecule has 7 heteroatoms. The van der Waals surface area contributed by atoms with Crippen molar-refractivity contribution in [3.05, 3.63) is 64.8 Å². The van der Waals surface area contributed by atoms with Gasteiger partial charge in [0.2, 0.25) is 0 Å². The molecule has 0 radical (unpaired) electrons. The molecule has 2 aromatic carbocycles. The van der Waals surface area contributed by atoms with Crippen LogP contribution < -0.4 is 15.4 Å². The Labute approximate surface area is 211 Å². The second-order valence-corrected chi connectivity index (χ2v) is 10.8. The van der Waals surface area contributed by atoms with Gasteiger partial charge in [0.1, 0.15) is 16.4 Å². The van der Waals surface area contributed by atoms with Crippen molar-refractivity contribution in [2.24, 2.45) is 4.99 Å². The summed E-state index contributed by atoms with van der Waals surface area (Å²) in [5.41, 5.74) is 4.40. The molecule has 2 fully saturated rings. The highest BCUT2D eigenvalue weighted by Crippen LogP contribution is 2.43. The Hall–Kier alpha value is -2.90. The van der Waals surface area contributed by atoms with Gasteiger partial charge in [-0.3, -0.25) is 0 Å². The van der Waals surface area contributed by atoms with Gasteiger partial charge in [-0.05, 0) is 55.5 Å². The topological polar surface area (TPSA) is 61.8 Å². The highest BCUT2D eigenvalue weighted by Gasteiger charge is 2.31. The second kappa shape index (κ2) is 9.99. The molecule has 35 heavy (non-hydrogen) atoms. The predicted molar refractivity (Wildman–Crippen MR) is 144 cm³/mol. The number of aryl methyl sites for hydroxylation is 1. The highest BCUT2D eigenvalue weighted by atomic mass is 32.1. The number of piperazine rings is 1. The third-order valence-electron chi connectivity index (χ3n) is 7.41. The zero-order valence-electron chi connectivity index (χ0n) is 20.3. The van der Waals surface area contributed by atoms with Crippen LogP contribution in [-0.2, 0) is 6.42 Å². The summed E-state index contributed by atoms with van der Waals surface area (Å²) in [7, 11) is 1.73. The standard InChI is InChI=1S/C28H33N5OS/c1-34-22-10-6-7-19(17-22)13-14-21-18-33(16-15-29-21)26-25-28(31-24-12-5-4-11-23(24)30-26)35-27(32-25)20-8-2-3-9-20/h4-7,10-12,17,20-21,29,31H,2-3,8-9,13-16,18H2,1H3/t21-/m0/s1. The van der Waals surface area contributed by atoms with E-state index in [1.165, 1.54) is 36.3 Å². The highest BCUT2D eigenvalue weighted by molar-refractivity contribution is 7.16. The number of para-hydroxylation sites is 2. The number of amidine groups is 1. The van der Waals surface area contributed by atoms with E-state index >= 15 is 0 Å². The Balaban J connectivity index is 1.26. The summed E-state index contributed by atoms with van der Waals surface area (Å²) >= 11 is 1.83. The van der Waals surface area contributed by atoms with Crippen LogP contribution in [0.3, 0.4) is 0 Å². The number of rotatable bonds is 5. The Bertz CT molecular complexity index is 1220. The maximum Gasteiger partial charge on any atom is 0.158 e. The van der Waals surface area contributed by atoms with Gasteiger partial charge in [0.25, 0.3) is 0 Å². The Morgan fingerprint density at radius 1 is 1.11 bits per heavy atom. The van der Waals surface area contributed by atoms with Crippen molar-refractivity contribution in [3.8, 4) is 5.75 Å². The van der Waals surface area contributed by atoms with Crippen LogP contribution in [0.15, 0.2) is 53.5 Å². The lowest BCUT2D eigenvalue weighted by atomic mass is 10.0. The van der Waals surface area contributed by atoms with Gasteiger partial charge in [-0.25, -0.2) is 9.98 Å². The molecule has 3 aromatic rings. The summed E-state index contributed by atoms with van der Waals surface area (Å²) in [6.45, 7) is 2.82. The van der Waals surface area contributed by atoms with Gasteiger partial charge < -0.3 is 20.3 Å². The van der Waals surface area contributed by atoms with E-state index in [1.807, 2.05) is 17.4 Å². The number of benzene rings is 2. The van der Waals surface area contributed by atoms with Gasteiger partial charge in [-0.1, -0.05) is 37.1 Å². The fourth-order valence-electron chi connectivity index (χ4n) is 5.49. The largest absolute Gasteiger partial charge is 0.497 e. The van der Waals surface area contributed by atoms with Gasteiger partial charge in [0.05, 0.1) is 23.5 Å². The molecule has 1 atom stereocenters. The van der Waals surface area contributed by atoms with Crippen molar-refractivity contribution >= 4 is 33.5 Å². The number of nitrogens with zero attached hydrogens (tertiary/aromatic N) is 3. The maximum absolute atomic E-state index is 5.40. The molecular weight excluding hydrogens is 454 g/mol. The van der Waals surface area contributed by atoms with Crippen LogP contribution in [0.4, 0.5) is 16.4 Å². The fraction of sp³-hybridized carbons (Fsp3) is 0.429. The smallest absolute Gasteiger partial charge is 0.158 e. The van der Waals surface area contributed by atoms with Crippen molar-refractivity contribution < 1.29 is 4.74 Å². The van der Waals surface area contributed by atoms with Crippen LogP contribution in [0.1, 0.15) is 54.3 Å². The van der Waals surface area contributed by atoms with E-state index < -0.39 is 0 Å². The quantitative estimate of drug-likeness (QED) is 0.473. The van der Waals surface area contributed by atoms with Gasteiger partial charge in [0.15, 0.2) is 5.84 Å². The van der Waals surface area contributed by atoms with E-state index in [4.69, 9.17) is 14.7 Å². The average Bonchev–Trinajstić information content (AvgIpc) is 3.55. The van der Waals surface area contributed by atoms with E-state index in [9.17, 15) is 0 Å². The third-order valence-corrected chi connectivity index (χ3v) is 8.54. The first-order chi connectivity index (χ1) is 17.3. The molecule has 1 aliphatic carbocycles. The lowest BCUT2D eigenvalue weighted by Crippen LogP contribution is -2.53. The zero-order valence-corrected chi connectivity index (χ0v) is 21.1. The lowest BCUT2D eigenvalue weighted by Gasteiger charge is -2.35. The van der Waals surface area contributed by atoms with Gasteiger partial charge in [0, 0.05) is 31.6 Å². The molecule has 6 nitrogen and oxygen atoms in total. The Morgan fingerprint density at radius 3 is 2.89 bits per heavy atom. The van der Waals surface area contributed by atoms with Crippen molar-refractivity contribution in [1.29, 1.82) is 0 Å². The molecule has 1 saturated carbocycles. The Kier molecular flexibility index (Phi) is 6.44. The molecule has 0 spiro atoms. The summed E-state index contributed by atoms with van der Waals surface area (Å²) in [6.07, 6.45) is 7.25. The molecule has 182 valence electrons. The number of aliphatic imine (C=N–C) groups is 1. The van der Waals surface area contributed by atoms with E-state index in [0.29, 0.717) is 12.0 Å². The van der Waals surface area contributed by atoms with Crippen LogP contribution in [0, 0.1) is 0 Å². The second-order valence-electron chi connectivity index (χ2n) is 9.78. The normalized spacial score (nSPS) is 20.0. The first kappa shape index (κ1) is 22.6. The minimum atomic E-state index is 0.403. The molecule has 3 aliphatic rings. The average molecular weight is 488 g/mol. The number of hydrogen-bond acceptors (Lipinski definition) is 7. The molecule has 2 aliphatic heterocycles. The molecule has 1 saturated heterocycles. The van der Waals surface area contributed by atoms with Crippen LogP contribution in [0.25, 0.3) is 0 Å². The number of fused-ring (bicyclic) bond motifs is 2. The molecule has 0 amide bonds. The minimum Gasteiger partial charge on any atom is -0.497 e. The lowest BCUT2D eigenvalue weighted by molar-refractivity contribution is 0.282. The van der Waals surface area contributed by atoms with Gasteiger partial charge >= 0.3 is 0 Å². The third kappa shape index (κ3) is 4.80. The molecule has 1 aromatic heterocycles. The molecule has 2 N–H and O–H groups in total. The van der Waals surface area contributed by atoms with Crippen LogP contribution in [0.2, 0.25) is 0 Å². The van der Waals surface area contributed by atoms with Crippen LogP contribution in [0.5, 0.6) is 5.75 Å². The minimum absolute atomic E-state index is 0.403. The van der Waals surface area contributed by atoms with Crippen molar-refractivity contribution in [3.63, 3.8) is 0 Å². The van der Waals surface area contributed by atoms with E-state index in [1.54, 1.807) is 7.11 Å². The molecule has 3 heterocycles. The molecule has 0 bridgehead atoms. The molecule has 6 rings (SSSR count).